The SMILES string of the molecule is CCCCCCCCCCCCCCOc1ccc(C(=O)Oc2ccc(-c3cn(Cc4ccc(OC(=O)c5ccc(OC(=O)c6ccc(OCCOCCOCCOCCOC)c(Cl)c6)cc5)cc4)nn3)cc2)cc1. The van der Waals surface area contributed by atoms with Crippen LogP contribution in [0.25, 0.3) is 11.3 Å². The molecule has 16 heteroatoms. The van der Waals surface area contributed by atoms with Gasteiger partial charge >= 0.3 is 17.9 Å². The lowest BCUT2D eigenvalue weighted by atomic mass is 10.1. The van der Waals surface area contributed by atoms with E-state index >= 15 is 0 Å². The zero-order valence-corrected chi connectivity index (χ0v) is 44.0. The van der Waals surface area contributed by atoms with Crippen LogP contribution < -0.4 is 23.7 Å². The van der Waals surface area contributed by atoms with Gasteiger partial charge in [0.1, 0.15) is 41.0 Å². The van der Waals surface area contributed by atoms with Crippen molar-refractivity contribution in [3.63, 3.8) is 0 Å². The summed E-state index contributed by atoms with van der Waals surface area (Å²) in [5, 5.41) is 8.85. The van der Waals surface area contributed by atoms with Gasteiger partial charge in [0, 0.05) is 12.7 Å². The Morgan fingerprint density at radius 1 is 0.480 bits per heavy atom. The predicted octanol–water partition coefficient (Wildman–Crippen LogP) is 12.5. The van der Waals surface area contributed by atoms with E-state index in [1.54, 1.807) is 72.5 Å². The van der Waals surface area contributed by atoms with Crippen LogP contribution in [0.5, 0.6) is 28.7 Å². The summed E-state index contributed by atoms with van der Waals surface area (Å²) >= 11 is 6.38. The Balaban J connectivity index is 0.846. The largest absolute Gasteiger partial charge is 0.494 e. The summed E-state index contributed by atoms with van der Waals surface area (Å²) < 4.78 is 51.3. The number of hydrogen-bond donors (Lipinski definition) is 0. The van der Waals surface area contributed by atoms with Gasteiger partial charge in [0.05, 0.1) is 87.3 Å². The molecule has 0 N–H and O–H groups in total. The highest BCUT2D eigenvalue weighted by atomic mass is 35.5. The third-order valence-electron chi connectivity index (χ3n) is 11.9. The van der Waals surface area contributed by atoms with Gasteiger partial charge in [-0.3, -0.25) is 0 Å². The number of methoxy groups -OCH3 is 1. The molecule has 1 heterocycles. The van der Waals surface area contributed by atoms with E-state index in [0.29, 0.717) is 87.9 Å². The van der Waals surface area contributed by atoms with Crippen LogP contribution in [0.4, 0.5) is 0 Å². The van der Waals surface area contributed by atoms with Crippen molar-refractivity contribution in [2.45, 2.75) is 90.5 Å². The number of nitrogens with zero attached hydrogens (tertiary/aromatic N) is 3. The maximum atomic E-state index is 13.0. The fourth-order valence-corrected chi connectivity index (χ4v) is 7.90. The van der Waals surface area contributed by atoms with Crippen LogP contribution in [-0.4, -0.2) is 99.5 Å². The molecule has 75 heavy (non-hydrogen) atoms. The quantitative estimate of drug-likeness (QED) is 0.0207. The summed E-state index contributed by atoms with van der Waals surface area (Å²) in [5.74, 6) is 0.456. The van der Waals surface area contributed by atoms with Gasteiger partial charge < -0.3 is 42.6 Å². The van der Waals surface area contributed by atoms with Crippen LogP contribution in [0.1, 0.15) is 121 Å². The average molecular weight is 1050 g/mol. The molecule has 0 saturated heterocycles. The number of rotatable bonds is 36. The lowest BCUT2D eigenvalue weighted by Crippen LogP contribution is -2.13. The normalized spacial score (nSPS) is 11.1. The zero-order valence-electron chi connectivity index (χ0n) is 43.2. The van der Waals surface area contributed by atoms with E-state index in [1.165, 1.54) is 101 Å². The summed E-state index contributed by atoms with van der Waals surface area (Å²) in [4.78, 5) is 38.8. The maximum absolute atomic E-state index is 13.0. The van der Waals surface area contributed by atoms with Crippen molar-refractivity contribution < 1.29 is 57.0 Å². The first-order valence-electron chi connectivity index (χ1n) is 26.0. The highest BCUT2D eigenvalue weighted by Gasteiger charge is 2.15. The first-order chi connectivity index (χ1) is 36.8. The van der Waals surface area contributed by atoms with E-state index in [9.17, 15) is 14.4 Å². The van der Waals surface area contributed by atoms with Crippen molar-refractivity contribution in [2.24, 2.45) is 0 Å². The molecule has 400 valence electrons. The molecule has 0 aliphatic carbocycles. The molecule has 0 aliphatic heterocycles. The van der Waals surface area contributed by atoms with Gasteiger partial charge in [0.15, 0.2) is 0 Å². The molecular weight excluding hydrogens is 978 g/mol. The number of carbonyl (C=O) groups excluding carboxylic acids is 3. The predicted molar refractivity (Wildman–Crippen MR) is 287 cm³/mol. The first-order valence-corrected chi connectivity index (χ1v) is 26.4. The van der Waals surface area contributed by atoms with Crippen molar-refractivity contribution in [3.05, 3.63) is 149 Å². The van der Waals surface area contributed by atoms with Crippen LogP contribution in [0, 0.1) is 0 Å². The molecule has 0 spiro atoms. The Labute approximate surface area is 445 Å². The molecule has 0 saturated carbocycles. The Hall–Kier alpha value is -6.62. The van der Waals surface area contributed by atoms with Crippen molar-refractivity contribution in [1.29, 1.82) is 0 Å². The summed E-state index contributed by atoms with van der Waals surface area (Å²) in [7, 11) is 1.62. The van der Waals surface area contributed by atoms with Gasteiger partial charge in [0.25, 0.3) is 0 Å². The monoisotopic (exact) mass is 1050 g/mol. The second-order valence-corrected chi connectivity index (χ2v) is 18.2. The summed E-state index contributed by atoms with van der Waals surface area (Å²) in [5.41, 5.74) is 3.28. The summed E-state index contributed by atoms with van der Waals surface area (Å²) in [6.07, 6.45) is 17.4. The Morgan fingerprint density at radius 3 is 1.47 bits per heavy atom. The Kier molecular flexibility index (Phi) is 25.6. The van der Waals surface area contributed by atoms with Crippen molar-refractivity contribution >= 4 is 29.5 Å². The minimum absolute atomic E-state index is 0.220. The topological polar surface area (TPSA) is 165 Å². The summed E-state index contributed by atoms with van der Waals surface area (Å²) in [6.45, 7) is 6.80. The van der Waals surface area contributed by atoms with Gasteiger partial charge in [-0.25, -0.2) is 19.1 Å². The molecular formula is C59H70ClN3O12. The number of esters is 3. The molecule has 0 fully saturated rings. The maximum Gasteiger partial charge on any atom is 0.343 e. The van der Waals surface area contributed by atoms with E-state index in [-0.39, 0.29) is 28.5 Å². The van der Waals surface area contributed by atoms with Crippen LogP contribution in [-0.2, 0) is 25.5 Å². The molecule has 0 bridgehead atoms. The minimum Gasteiger partial charge on any atom is -0.494 e. The van der Waals surface area contributed by atoms with E-state index < -0.39 is 17.9 Å². The molecule has 0 amide bonds. The van der Waals surface area contributed by atoms with Crippen LogP contribution in [0.3, 0.4) is 0 Å². The van der Waals surface area contributed by atoms with Crippen LogP contribution in [0.2, 0.25) is 5.02 Å². The first kappa shape index (κ1) is 57.7. The highest BCUT2D eigenvalue weighted by Crippen LogP contribution is 2.27. The van der Waals surface area contributed by atoms with E-state index in [2.05, 4.69) is 17.2 Å². The average Bonchev–Trinajstić information content (AvgIpc) is 3.90. The second kappa shape index (κ2) is 33.3. The fraction of sp³-hybridized carbons (Fsp3) is 0.407. The van der Waals surface area contributed by atoms with Crippen LogP contribution >= 0.6 is 11.6 Å². The molecule has 6 rings (SSSR count). The Morgan fingerprint density at radius 2 is 0.933 bits per heavy atom. The van der Waals surface area contributed by atoms with E-state index in [0.717, 1.165) is 23.3 Å². The van der Waals surface area contributed by atoms with Gasteiger partial charge in [-0.15, -0.1) is 5.10 Å². The lowest BCUT2D eigenvalue weighted by molar-refractivity contribution is 0.000167. The third-order valence-corrected chi connectivity index (χ3v) is 12.2. The number of benzene rings is 5. The number of carbonyl (C=O) groups is 3. The lowest BCUT2D eigenvalue weighted by Gasteiger charge is -2.11. The van der Waals surface area contributed by atoms with E-state index in [4.69, 9.17) is 54.2 Å². The molecule has 0 aliphatic rings. The fourth-order valence-electron chi connectivity index (χ4n) is 7.67. The van der Waals surface area contributed by atoms with Crippen molar-refractivity contribution in [2.75, 3.05) is 66.6 Å². The second-order valence-electron chi connectivity index (χ2n) is 17.7. The van der Waals surface area contributed by atoms with Crippen molar-refractivity contribution in [3.8, 4) is 40.0 Å². The summed E-state index contributed by atoms with van der Waals surface area (Å²) in [6, 6.07) is 31.8. The molecule has 5 aromatic carbocycles. The van der Waals surface area contributed by atoms with Gasteiger partial charge in [-0.1, -0.05) is 106 Å². The minimum atomic E-state index is -0.634. The number of unbranched alkanes of at least 4 members (excludes halogenated alkanes) is 11. The Bertz CT molecular complexity index is 2590. The number of ether oxygens (including phenoxy) is 9. The standard InChI is InChI=1S/C59H70ClN3O12/c1-3-4-5-6-7-8-9-10-11-12-13-14-33-71-50-26-19-47(20-27-50)57(64)74-52-28-17-46(18-29-52)55-44-63(62-61-55)43-45-15-24-51(25-16-45)73-58(65)48-21-30-53(31-22-48)75-59(66)49-23-32-56(54(60)42-49)72-41-40-70-39-38-69-37-36-68-35-34-67-2/h15-32,42,44H,3-14,33-41,43H2,1-2H3. The van der Waals surface area contributed by atoms with E-state index in [1.807, 2.05) is 30.5 Å². The smallest absolute Gasteiger partial charge is 0.343 e. The molecule has 6 aromatic rings. The zero-order chi connectivity index (χ0) is 52.7. The van der Waals surface area contributed by atoms with Gasteiger partial charge in [0.2, 0.25) is 0 Å². The van der Waals surface area contributed by atoms with Crippen molar-refractivity contribution in [1.82, 2.24) is 15.0 Å². The molecule has 0 unspecified atom stereocenters. The molecule has 0 radical (unpaired) electrons. The highest BCUT2D eigenvalue weighted by molar-refractivity contribution is 6.32. The van der Waals surface area contributed by atoms with Crippen LogP contribution in [0.15, 0.2) is 121 Å². The number of aromatic nitrogens is 3. The molecule has 1 aromatic heterocycles. The molecule has 0 atom stereocenters. The number of hydrogen-bond acceptors (Lipinski definition) is 14. The van der Waals surface area contributed by atoms with Gasteiger partial charge in [-0.2, -0.15) is 0 Å². The number of halogens is 1. The van der Waals surface area contributed by atoms with Gasteiger partial charge in [-0.05, 0) is 115 Å². The third kappa shape index (κ3) is 21.3. The molecule has 15 nitrogen and oxygen atoms in total.